The molecule has 16 heavy (non-hydrogen) atoms. The summed E-state index contributed by atoms with van der Waals surface area (Å²) >= 11 is 0. The molecule has 2 N–H and O–H groups in total. The van der Waals surface area contributed by atoms with Crippen LogP contribution in [0.5, 0.6) is 11.5 Å². The van der Waals surface area contributed by atoms with E-state index in [0.717, 1.165) is 17.9 Å². The molecule has 0 aromatic heterocycles. The van der Waals surface area contributed by atoms with Gasteiger partial charge < -0.3 is 15.2 Å². The minimum absolute atomic E-state index is 0.251. The average Bonchev–Trinajstić information content (AvgIpc) is 2.77. The number of methoxy groups -OCH3 is 1. The van der Waals surface area contributed by atoms with E-state index in [0.29, 0.717) is 12.5 Å². The smallest absolute Gasteiger partial charge is 0.161 e. The van der Waals surface area contributed by atoms with Crippen LogP contribution in [0, 0.1) is 5.92 Å². The van der Waals surface area contributed by atoms with E-state index in [2.05, 4.69) is 0 Å². The molecular formula is C13H19NO2. The largest absolute Gasteiger partial charge is 0.493 e. The zero-order chi connectivity index (χ0) is 11.4. The number of hydrogen-bond donors (Lipinski definition) is 1. The zero-order valence-electron chi connectivity index (χ0n) is 9.69. The molecule has 3 nitrogen and oxygen atoms in total. The van der Waals surface area contributed by atoms with E-state index in [1.807, 2.05) is 24.3 Å². The predicted molar refractivity (Wildman–Crippen MR) is 63.8 cm³/mol. The van der Waals surface area contributed by atoms with Crippen molar-refractivity contribution in [3.63, 3.8) is 0 Å². The Morgan fingerprint density at radius 3 is 2.69 bits per heavy atom. The van der Waals surface area contributed by atoms with E-state index in [9.17, 15) is 0 Å². The van der Waals surface area contributed by atoms with Gasteiger partial charge in [0.2, 0.25) is 0 Å². The monoisotopic (exact) mass is 221 g/mol. The zero-order valence-corrected chi connectivity index (χ0v) is 9.69. The molecule has 0 radical (unpaired) electrons. The van der Waals surface area contributed by atoms with E-state index < -0.39 is 0 Å². The summed E-state index contributed by atoms with van der Waals surface area (Å²) < 4.78 is 11.3. The van der Waals surface area contributed by atoms with Crippen molar-refractivity contribution >= 4 is 0 Å². The third kappa shape index (κ3) is 2.30. The van der Waals surface area contributed by atoms with E-state index >= 15 is 0 Å². The lowest BCUT2D eigenvalue weighted by atomic mass is 10.1. The Labute approximate surface area is 96.5 Å². The first-order chi connectivity index (χ1) is 7.85. The third-order valence-corrected chi connectivity index (χ3v) is 3.24. The van der Waals surface area contributed by atoms with E-state index in [1.165, 1.54) is 12.8 Å². The quantitative estimate of drug-likeness (QED) is 0.847. The normalized spacial score (nSPS) is 24.4. The summed E-state index contributed by atoms with van der Waals surface area (Å²) in [5, 5.41) is 0. The Hall–Kier alpha value is -1.22. The van der Waals surface area contributed by atoms with Crippen LogP contribution >= 0.6 is 0 Å². The Morgan fingerprint density at radius 1 is 1.25 bits per heavy atom. The summed E-state index contributed by atoms with van der Waals surface area (Å²) in [4.78, 5) is 0. The number of hydrogen-bond acceptors (Lipinski definition) is 3. The van der Waals surface area contributed by atoms with E-state index in [4.69, 9.17) is 15.2 Å². The summed E-state index contributed by atoms with van der Waals surface area (Å²) in [6.07, 6.45) is 3.74. The van der Waals surface area contributed by atoms with Crippen molar-refractivity contribution in [2.75, 3.05) is 13.7 Å². The van der Waals surface area contributed by atoms with Crippen molar-refractivity contribution in [1.29, 1.82) is 0 Å². The van der Waals surface area contributed by atoms with Crippen molar-refractivity contribution in [2.45, 2.75) is 25.4 Å². The van der Waals surface area contributed by atoms with Gasteiger partial charge in [-0.3, -0.25) is 0 Å². The van der Waals surface area contributed by atoms with Gasteiger partial charge in [0.15, 0.2) is 11.5 Å². The van der Waals surface area contributed by atoms with Crippen LogP contribution in [0.4, 0.5) is 0 Å². The van der Waals surface area contributed by atoms with Crippen molar-refractivity contribution in [3.8, 4) is 11.5 Å². The number of benzene rings is 1. The van der Waals surface area contributed by atoms with Gasteiger partial charge in [0.05, 0.1) is 7.11 Å². The molecular weight excluding hydrogens is 202 g/mol. The second-order valence-corrected chi connectivity index (χ2v) is 4.23. The first-order valence-electron chi connectivity index (χ1n) is 5.85. The van der Waals surface area contributed by atoms with Crippen molar-refractivity contribution in [1.82, 2.24) is 0 Å². The van der Waals surface area contributed by atoms with Crippen LogP contribution in [0.15, 0.2) is 24.3 Å². The summed E-state index contributed by atoms with van der Waals surface area (Å²) in [5.41, 5.74) is 5.74. The van der Waals surface area contributed by atoms with Gasteiger partial charge >= 0.3 is 0 Å². The fourth-order valence-corrected chi connectivity index (χ4v) is 2.31. The number of para-hydroxylation sites is 2. The first kappa shape index (κ1) is 11.3. The molecule has 2 atom stereocenters. The van der Waals surface area contributed by atoms with Gasteiger partial charge in [-0.15, -0.1) is 0 Å². The molecule has 1 aromatic carbocycles. The van der Waals surface area contributed by atoms with Crippen molar-refractivity contribution in [2.24, 2.45) is 11.7 Å². The molecule has 1 aliphatic carbocycles. The van der Waals surface area contributed by atoms with E-state index in [-0.39, 0.29) is 6.10 Å². The standard InChI is InChI=1S/C13H19NO2/c1-15-12-6-2-3-7-13(12)16-11-8-4-5-10(11)9-14/h2-3,6-7,10-11H,4-5,8-9,14H2,1H3. The molecule has 1 aromatic rings. The maximum absolute atomic E-state index is 6.00. The molecule has 88 valence electrons. The van der Waals surface area contributed by atoms with Gasteiger partial charge in [0, 0.05) is 5.92 Å². The van der Waals surface area contributed by atoms with Crippen molar-refractivity contribution in [3.05, 3.63) is 24.3 Å². The lowest BCUT2D eigenvalue weighted by Crippen LogP contribution is -2.27. The van der Waals surface area contributed by atoms with Gasteiger partial charge in [-0.05, 0) is 37.9 Å². The Morgan fingerprint density at radius 2 is 2.00 bits per heavy atom. The molecule has 1 saturated carbocycles. The number of nitrogens with two attached hydrogens (primary N) is 1. The van der Waals surface area contributed by atoms with Gasteiger partial charge in [-0.1, -0.05) is 12.1 Å². The minimum atomic E-state index is 0.251. The second-order valence-electron chi connectivity index (χ2n) is 4.23. The molecule has 0 amide bonds. The van der Waals surface area contributed by atoms with Crippen LogP contribution in [0.25, 0.3) is 0 Å². The van der Waals surface area contributed by atoms with Crippen LogP contribution < -0.4 is 15.2 Å². The molecule has 0 saturated heterocycles. The predicted octanol–water partition coefficient (Wildman–Crippen LogP) is 2.20. The lowest BCUT2D eigenvalue weighted by molar-refractivity contribution is 0.156. The van der Waals surface area contributed by atoms with Crippen LogP contribution in [0.2, 0.25) is 0 Å². The number of rotatable bonds is 4. The highest BCUT2D eigenvalue weighted by Gasteiger charge is 2.28. The Balaban J connectivity index is 2.08. The topological polar surface area (TPSA) is 44.5 Å². The minimum Gasteiger partial charge on any atom is -0.493 e. The van der Waals surface area contributed by atoms with Crippen LogP contribution in [-0.2, 0) is 0 Å². The maximum atomic E-state index is 6.00. The first-order valence-corrected chi connectivity index (χ1v) is 5.85. The summed E-state index contributed by atoms with van der Waals surface area (Å²) in [6.45, 7) is 0.708. The molecule has 0 spiro atoms. The third-order valence-electron chi connectivity index (χ3n) is 3.24. The highest BCUT2D eigenvalue weighted by atomic mass is 16.5. The fraction of sp³-hybridized carbons (Fsp3) is 0.538. The highest BCUT2D eigenvalue weighted by Crippen LogP contribution is 2.33. The van der Waals surface area contributed by atoms with E-state index in [1.54, 1.807) is 7.11 Å². The molecule has 1 fully saturated rings. The SMILES string of the molecule is COc1ccccc1OC1CCCC1CN. The lowest BCUT2D eigenvalue weighted by Gasteiger charge is -2.21. The van der Waals surface area contributed by atoms with Gasteiger partial charge in [0.25, 0.3) is 0 Å². The molecule has 2 rings (SSSR count). The highest BCUT2D eigenvalue weighted by molar-refractivity contribution is 5.39. The maximum Gasteiger partial charge on any atom is 0.161 e. The molecule has 2 unspecified atom stereocenters. The fourth-order valence-electron chi connectivity index (χ4n) is 2.31. The molecule has 3 heteroatoms. The molecule has 0 heterocycles. The van der Waals surface area contributed by atoms with Crippen molar-refractivity contribution < 1.29 is 9.47 Å². The molecule has 0 bridgehead atoms. The molecule has 0 aliphatic heterocycles. The summed E-state index contributed by atoms with van der Waals surface area (Å²) in [7, 11) is 1.66. The number of ether oxygens (including phenoxy) is 2. The second kappa shape index (κ2) is 5.21. The van der Waals surface area contributed by atoms with Crippen LogP contribution in [0.3, 0.4) is 0 Å². The van der Waals surface area contributed by atoms with Crippen LogP contribution in [0.1, 0.15) is 19.3 Å². The summed E-state index contributed by atoms with van der Waals surface area (Å²) in [6, 6.07) is 7.78. The summed E-state index contributed by atoms with van der Waals surface area (Å²) in [5.74, 6) is 2.12. The Kier molecular flexibility index (Phi) is 3.67. The van der Waals surface area contributed by atoms with Crippen LogP contribution in [-0.4, -0.2) is 19.8 Å². The average molecular weight is 221 g/mol. The van der Waals surface area contributed by atoms with Gasteiger partial charge in [-0.25, -0.2) is 0 Å². The van der Waals surface area contributed by atoms with Gasteiger partial charge in [-0.2, -0.15) is 0 Å². The molecule has 1 aliphatic rings. The Bertz CT molecular complexity index is 340. The van der Waals surface area contributed by atoms with Gasteiger partial charge in [0.1, 0.15) is 6.10 Å².